The number of carbonyl (C=O) groups is 1. The zero-order valence-corrected chi connectivity index (χ0v) is 8.47. The van der Waals surface area contributed by atoms with Crippen molar-refractivity contribution in [2.75, 3.05) is 19.3 Å². The van der Waals surface area contributed by atoms with Crippen molar-refractivity contribution in [2.24, 2.45) is 10.7 Å². The van der Waals surface area contributed by atoms with Crippen molar-refractivity contribution in [3.05, 3.63) is 0 Å². The van der Waals surface area contributed by atoms with Crippen LogP contribution in [0.2, 0.25) is 0 Å². The standard InChI is InChI=1S/C7H12N4OS/c1-3-11(4-6(9)12)7(13-2)10-5-8/h3-4H2,1-2H3,(H2,9,12). The number of amides is 1. The average molecular weight is 200 g/mol. The molecule has 0 saturated heterocycles. The van der Waals surface area contributed by atoms with Gasteiger partial charge in [-0.2, -0.15) is 5.26 Å². The van der Waals surface area contributed by atoms with Gasteiger partial charge in [-0.3, -0.25) is 4.79 Å². The molecule has 0 unspecified atom stereocenters. The largest absolute Gasteiger partial charge is 0.368 e. The smallest absolute Gasteiger partial charge is 0.237 e. The molecule has 0 atom stereocenters. The van der Waals surface area contributed by atoms with Crippen LogP contribution in [0, 0.1) is 11.5 Å². The molecule has 0 rings (SSSR count). The maximum Gasteiger partial charge on any atom is 0.237 e. The molecule has 0 aromatic carbocycles. The number of rotatable bonds is 3. The first-order valence-electron chi connectivity index (χ1n) is 3.69. The van der Waals surface area contributed by atoms with Crippen molar-refractivity contribution >= 4 is 22.8 Å². The van der Waals surface area contributed by atoms with Crippen LogP contribution >= 0.6 is 11.8 Å². The van der Waals surface area contributed by atoms with Crippen LogP contribution in [0.25, 0.3) is 0 Å². The van der Waals surface area contributed by atoms with Gasteiger partial charge in [0.1, 0.15) is 0 Å². The molecular formula is C7H12N4OS. The third-order valence-corrected chi connectivity index (χ3v) is 2.04. The van der Waals surface area contributed by atoms with E-state index in [1.54, 1.807) is 17.3 Å². The number of amidine groups is 1. The van der Waals surface area contributed by atoms with Crippen LogP contribution in [0.15, 0.2) is 4.99 Å². The van der Waals surface area contributed by atoms with Gasteiger partial charge in [0.05, 0.1) is 6.54 Å². The highest BCUT2D eigenvalue weighted by molar-refractivity contribution is 8.13. The van der Waals surface area contributed by atoms with Gasteiger partial charge < -0.3 is 10.6 Å². The van der Waals surface area contributed by atoms with E-state index in [0.717, 1.165) is 0 Å². The Bertz CT molecular complexity index is 245. The van der Waals surface area contributed by atoms with E-state index in [1.807, 2.05) is 6.92 Å². The lowest BCUT2D eigenvalue weighted by atomic mass is 10.5. The fourth-order valence-corrected chi connectivity index (χ4v) is 1.37. The molecule has 0 aliphatic heterocycles. The molecule has 0 radical (unpaired) electrons. The normalized spacial score (nSPS) is 10.7. The van der Waals surface area contributed by atoms with Gasteiger partial charge in [0.25, 0.3) is 0 Å². The number of nitrogens with two attached hydrogens (primary N) is 1. The highest BCUT2D eigenvalue weighted by Gasteiger charge is 2.10. The summed E-state index contributed by atoms with van der Waals surface area (Å²) in [5.74, 6) is -0.429. The molecule has 0 spiro atoms. The molecule has 72 valence electrons. The molecule has 13 heavy (non-hydrogen) atoms. The lowest BCUT2D eigenvalue weighted by Gasteiger charge is -2.20. The van der Waals surface area contributed by atoms with Gasteiger partial charge in [-0.1, -0.05) is 11.8 Å². The Labute approximate surface area is 81.6 Å². The molecule has 0 aliphatic carbocycles. The van der Waals surface area contributed by atoms with E-state index in [2.05, 4.69) is 4.99 Å². The molecule has 0 aromatic heterocycles. The maximum absolute atomic E-state index is 10.6. The van der Waals surface area contributed by atoms with E-state index in [0.29, 0.717) is 11.7 Å². The molecule has 0 heterocycles. The summed E-state index contributed by atoms with van der Waals surface area (Å²) < 4.78 is 0. The Balaban J connectivity index is 4.45. The van der Waals surface area contributed by atoms with Crippen molar-refractivity contribution < 1.29 is 4.79 Å². The second-order valence-corrected chi connectivity index (χ2v) is 2.95. The number of nitrogens with zero attached hydrogens (tertiary/aromatic N) is 3. The number of aliphatic imine (C=N–C) groups is 1. The van der Waals surface area contributed by atoms with E-state index < -0.39 is 5.91 Å². The Morgan fingerprint density at radius 3 is 2.69 bits per heavy atom. The topological polar surface area (TPSA) is 82.5 Å². The summed E-state index contributed by atoms with van der Waals surface area (Å²) in [6, 6.07) is 0. The number of hydrogen-bond donors (Lipinski definition) is 1. The van der Waals surface area contributed by atoms with Crippen LogP contribution in [0.3, 0.4) is 0 Å². The molecule has 0 aliphatic rings. The first kappa shape index (κ1) is 11.8. The van der Waals surface area contributed by atoms with E-state index in [1.165, 1.54) is 11.8 Å². The first-order chi connectivity index (χ1) is 6.15. The summed E-state index contributed by atoms with van der Waals surface area (Å²) in [6.07, 6.45) is 3.47. The minimum Gasteiger partial charge on any atom is -0.368 e. The van der Waals surface area contributed by atoms with Gasteiger partial charge in [-0.25, -0.2) is 0 Å². The minimum atomic E-state index is -0.429. The van der Waals surface area contributed by atoms with E-state index >= 15 is 0 Å². The quantitative estimate of drug-likeness (QED) is 0.395. The number of likely N-dealkylation sites (N-methyl/N-ethyl adjacent to an activating group) is 1. The minimum absolute atomic E-state index is 0.0951. The predicted octanol–water partition coefficient (Wildman–Crippen LogP) is -0.00632. The molecule has 6 heteroatoms. The number of thioether (sulfide) groups is 1. The summed E-state index contributed by atoms with van der Waals surface area (Å²) in [5, 5.41) is 8.87. The van der Waals surface area contributed by atoms with Crippen molar-refractivity contribution in [2.45, 2.75) is 6.92 Å². The zero-order valence-electron chi connectivity index (χ0n) is 7.65. The monoisotopic (exact) mass is 200 g/mol. The predicted molar refractivity (Wildman–Crippen MR) is 53.0 cm³/mol. The van der Waals surface area contributed by atoms with Crippen LogP contribution in [0.1, 0.15) is 6.92 Å². The van der Waals surface area contributed by atoms with Gasteiger partial charge in [-0.15, -0.1) is 4.99 Å². The molecule has 1 amide bonds. The highest BCUT2D eigenvalue weighted by Crippen LogP contribution is 2.04. The van der Waals surface area contributed by atoms with E-state index in [9.17, 15) is 4.79 Å². The fourth-order valence-electron chi connectivity index (χ4n) is 0.791. The third-order valence-electron chi connectivity index (χ3n) is 1.33. The lowest BCUT2D eigenvalue weighted by Crippen LogP contribution is -2.36. The van der Waals surface area contributed by atoms with E-state index in [4.69, 9.17) is 11.0 Å². The maximum atomic E-state index is 10.6. The molecular weight excluding hydrogens is 188 g/mol. The summed E-state index contributed by atoms with van der Waals surface area (Å²) in [7, 11) is 0. The molecule has 0 saturated carbocycles. The summed E-state index contributed by atoms with van der Waals surface area (Å²) in [5.41, 5.74) is 5.03. The molecule has 2 N–H and O–H groups in total. The van der Waals surface area contributed by atoms with Crippen molar-refractivity contribution in [1.29, 1.82) is 5.26 Å². The van der Waals surface area contributed by atoms with Crippen molar-refractivity contribution in [3.8, 4) is 6.19 Å². The molecule has 5 nitrogen and oxygen atoms in total. The third kappa shape index (κ3) is 4.38. The van der Waals surface area contributed by atoms with Gasteiger partial charge in [0.2, 0.25) is 12.1 Å². The van der Waals surface area contributed by atoms with Crippen LogP contribution in [-0.2, 0) is 4.79 Å². The first-order valence-corrected chi connectivity index (χ1v) is 4.92. The number of primary amides is 1. The Morgan fingerprint density at radius 2 is 2.38 bits per heavy atom. The van der Waals surface area contributed by atoms with Gasteiger partial charge >= 0.3 is 0 Å². The Hall–Kier alpha value is -1.22. The number of hydrogen-bond acceptors (Lipinski definition) is 4. The van der Waals surface area contributed by atoms with Crippen molar-refractivity contribution in [3.63, 3.8) is 0 Å². The summed E-state index contributed by atoms with van der Waals surface area (Å²) in [6.45, 7) is 2.56. The summed E-state index contributed by atoms with van der Waals surface area (Å²) in [4.78, 5) is 15.8. The fraction of sp³-hybridized carbons (Fsp3) is 0.571. The summed E-state index contributed by atoms with van der Waals surface area (Å²) >= 11 is 1.31. The van der Waals surface area contributed by atoms with Crippen LogP contribution < -0.4 is 5.73 Å². The van der Waals surface area contributed by atoms with Gasteiger partial charge in [0, 0.05) is 6.54 Å². The van der Waals surface area contributed by atoms with Gasteiger partial charge in [0.15, 0.2) is 5.17 Å². The number of nitriles is 1. The average Bonchev–Trinajstić information content (AvgIpc) is 2.10. The zero-order chi connectivity index (χ0) is 10.3. The Morgan fingerprint density at radius 1 is 1.77 bits per heavy atom. The second-order valence-electron chi connectivity index (χ2n) is 2.18. The Kier molecular flexibility index (Phi) is 5.72. The molecule has 0 aromatic rings. The SMILES string of the molecule is CCN(CC(N)=O)C(=NC#N)SC. The van der Waals surface area contributed by atoms with Gasteiger partial charge in [-0.05, 0) is 13.2 Å². The molecule has 0 bridgehead atoms. The van der Waals surface area contributed by atoms with Crippen LogP contribution in [0.4, 0.5) is 0 Å². The van der Waals surface area contributed by atoms with Crippen LogP contribution in [0.5, 0.6) is 0 Å². The van der Waals surface area contributed by atoms with Crippen LogP contribution in [-0.4, -0.2) is 35.3 Å². The molecule has 0 fully saturated rings. The van der Waals surface area contributed by atoms with E-state index in [-0.39, 0.29) is 6.54 Å². The number of carbonyl (C=O) groups excluding carboxylic acids is 1. The second kappa shape index (κ2) is 6.31. The highest BCUT2D eigenvalue weighted by atomic mass is 32.2. The lowest BCUT2D eigenvalue weighted by molar-refractivity contribution is -0.118. The van der Waals surface area contributed by atoms with Crippen molar-refractivity contribution in [1.82, 2.24) is 4.90 Å².